The third kappa shape index (κ3) is 5.84. The molecule has 0 aliphatic heterocycles. The van der Waals surface area contributed by atoms with Crippen LogP contribution in [0.4, 0.5) is 15.8 Å². The summed E-state index contributed by atoms with van der Waals surface area (Å²) >= 11 is 3.18. The zero-order chi connectivity index (χ0) is 19.1. The van der Waals surface area contributed by atoms with Crippen LogP contribution in [0.5, 0.6) is 0 Å². The monoisotopic (exact) mass is 421 g/mol. The Morgan fingerprint density at radius 3 is 2.54 bits per heavy atom. The molecule has 5 nitrogen and oxygen atoms in total. The summed E-state index contributed by atoms with van der Waals surface area (Å²) in [6.45, 7) is 4.42. The maximum absolute atomic E-state index is 13.8. The molecule has 138 valence electrons. The first-order valence-corrected chi connectivity index (χ1v) is 9.02. The summed E-state index contributed by atoms with van der Waals surface area (Å²) < 4.78 is 14.4. The first-order valence-electron chi connectivity index (χ1n) is 8.23. The topological polar surface area (TPSA) is 70.2 Å². The molecule has 26 heavy (non-hydrogen) atoms. The number of carbonyl (C=O) groups excluding carboxylic acids is 2. The molecule has 0 fully saturated rings. The molecule has 0 radical (unpaired) electrons. The number of hydrogen-bond acceptors (Lipinski definition) is 3. The Kier molecular flexibility index (Phi) is 7.15. The number of rotatable bonds is 7. The van der Waals surface area contributed by atoms with Crippen molar-refractivity contribution in [1.82, 2.24) is 5.32 Å². The number of anilines is 2. The minimum atomic E-state index is -0.458. The Morgan fingerprint density at radius 2 is 1.85 bits per heavy atom. The van der Waals surface area contributed by atoms with Gasteiger partial charge in [0.1, 0.15) is 5.82 Å². The summed E-state index contributed by atoms with van der Waals surface area (Å²) in [5.74, 6) is -0.760. The SMILES string of the molecule is CC(C)CNC(=O)c1ccccc1NC(=O)CNc1ccc(Br)cc1F. The largest absolute Gasteiger partial charge is 0.374 e. The Morgan fingerprint density at radius 1 is 1.12 bits per heavy atom. The smallest absolute Gasteiger partial charge is 0.253 e. The molecule has 2 aromatic carbocycles. The van der Waals surface area contributed by atoms with E-state index in [4.69, 9.17) is 0 Å². The summed E-state index contributed by atoms with van der Waals surface area (Å²) in [6, 6.07) is 11.3. The summed E-state index contributed by atoms with van der Waals surface area (Å²) in [5.41, 5.74) is 1.03. The predicted octanol–water partition coefficient (Wildman–Crippen LogP) is 4.02. The lowest BCUT2D eigenvalue weighted by atomic mass is 10.1. The van der Waals surface area contributed by atoms with E-state index in [1.807, 2.05) is 13.8 Å². The molecule has 2 aromatic rings. The van der Waals surface area contributed by atoms with Crippen LogP contribution in [0.15, 0.2) is 46.9 Å². The van der Waals surface area contributed by atoms with Gasteiger partial charge in [0.15, 0.2) is 0 Å². The highest BCUT2D eigenvalue weighted by molar-refractivity contribution is 9.10. The number of benzene rings is 2. The van der Waals surface area contributed by atoms with Crippen LogP contribution in [0.3, 0.4) is 0 Å². The number of halogens is 2. The zero-order valence-electron chi connectivity index (χ0n) is 14.6. The van der Waals surface area contributed by atoms with E-state index in [9.17, 15) is 14.0 Å². The Labute approximate surface area is 160 Å². The Hall–Kier alpha value is -2.41. The molecular weight excluding hydrogens is 401 g/mol. The summed E-state index contributed by atoms with van der Waals surface area (Å²) in [4.78, 5) is 24.4. The number of carbonyl (C=O) groups is 2. The average Bonchev–Trinajstić information content (AvgIpc) is 2.59. The van der Waals surface area contributed by atoms with Gasteiger partial charge < -0.3 is 16.0 Å². The van der Waals surface area contributed by atoms with E-state index in [1.54, 1.807) is 36.4 Å². The minimum Gasteiger partial charge on any atom is -0.374 e. The molecule has 0 saturated heterocycles. The van der Waals surface area contributed by atoms with Gasteiger partial charge in [-0.05, 0) is 36.2 Å². The number of hydrogen-bond donors (Lipinski definition) is 3. The van der Waals surface area contributed by atoms with Gasteiger partial charge in [0.05, 0.1) is 23.5 Å². The van der Waals surface area contributed by atoms with Crippen LogP contribution in [-0.4, -0.2) is 24.9 Å². The molecule has 0 aliphatic carbocycles. The van der Waals surface area contributed by atoms with Crippen molar-refractivity contribution in [3.8, 4) is 0 Å². The van der Waals surface area contributed by atoms with E-state index in [0.29, 0.717) is 28.2 Å². The Bertz CT molecular complexity index is 796. The lowest BCUT2D eigenvalue weighted by molar-refractivity contribution is -0.114. The van der Waals surface area contributed by atoms with Crippen molar-refractivity contribution in [3.05, 3.63) is 58.3 Å². The van der Waals surface area contributed by atoms with E-state index < -0.39 is 5.82 Å². The molecule has 3 N–H and O–H groups in total. The van der Waals surface area contributed by atoms with Crippen LogP contribution < -0.4 is 16.0 Å². The van der Waals surface area contributed by atoms with E-state index in [1.165, 1.54) is 6.07 Å². The molecule has 0 aliphatic rings. The number of para-hydroxylation sites is 1. The molecule has 0 atom stereocenters. The van der Waals surface area contributed by atoms with Gasteiger partial charge in [-0.2, -0.15) is 0 Å². The van der Waals surface area contributed by atoms with Crippen molar-refractivity contribution in [2.75, 3.05) is 23.7 Å². The highest BCUT2D eigenvalue weighted by Crippen LogP contribution is 2.19. The lowest BCUT2D eigenvalue weighted by Crippen LogP contribution is -2.29. The minimum absolute atomic E-state index is 0.125. The van der Waals surface area contributed by atoms with Gasteiger partial charge in [-0.15, -0.1) is 0 Å². The number of amides is 2. The molecule has 0 unspecified atom stereocenters. The normalized spacial score (nSPS) is 10.5. The second kappa shape index (κ2) is 9.33. The van der Waals surface area contributed by atoms with Crippen LogP contribution in [-0.2, 0) is 4.79 Å². The molecule has 0 bridgehead atoms. The van der Waals surface area contributed by atoms with E-state index in [0.717, 1.165) is 0 Å². The van der Waals surface area contributed by atoms with E-state index in [2.05, 4.69) is 31.9 Å². The van der Waals surface area contributed by atoms with Gasteiger partial charge in [-0.3, -0.25) is 9.59 Å². The fourth-order valence-corrected chi connectivity index (χ4v) is 2.52. The van der Waals surface area contributed by atoms with E-state index in [-0.39, 0.29) is 24.0 Å². The maximum Gasteiger partial charge on any atom is 0.253 e. The van der Waals surface area contributed by atoms with Gasteiger partial charge in [0.25, 0.3) is 5.91 Å². The molecule has 0 aromatic heterocycles. The average molecular weight is 422 g/mol. The van der Waals surface area contributed by atoms with Crippen molar-refractivity contribution >= 4 is 39.1 Å². The van der Waals surface area contributed by atoms with Crippen molar-refractivity contribution in [3.63, 3.8) is 0 Å². The predicted molar refractivity (Wildman–Crippen MR) is 105 cm³/mol. The molecular formula is C19H21BrFN3O2. The van der Waals surface area contributed by atoms with Crippen molar-refractivity contribution in [1.29, 1.82) is 0 Å². The first-order chi connectivity index (χ1) is 12.4. The highest BCUT2D eigenvalue weighted by Gasteiger charge is 2.13. The quantitative estimate of drug-likeness (QED) is 0.631. The number of nitrogens with one attached hydrogen (secondary N) is 3. The third-order valence-electron chi connectivity index (χ3n) is 3.49. The lowest BCUT2D eigenvalue weighted by Gasteiger charge is -2.13. The van der Waals surface area contributed by atoms with Gasteiger partial charge >= 0.3 is 0 Å². The first kappa shape index (κ1) is 19.9. The Balaban J connectivity index is 1.99. The van der Waals surface area contributed by atoms with Crippen molar-refractivity contribution in [2.24, 2.45) is 5.92 Å². The van der Waals surface area contributed by atoms with E-state index >= 15 is 0 Å². The molecule has 0 spiro atoms. The standard InChI is InChI=1S/C19H21BrFN3O2/c1-12(2)10-23-19(26)14-5-3-4-6-16(14)24-18(25)11-22-17-8-7-13(20)9-15(17)21/h3-9,12,22H,10-11H2,1-2H3,(H,23,26)(H,24,25). The summed E-state index contributed by atoms with van der Waals surface area (Å²) in [5, 5.41) is 8.25. The van der Waals surface area contributed by atoms with Crippen LogP contribution in [0.1, 0.15) is 24.2 Å². The fraction of sp³-hybridized carbons (Fsp3) is 0.263. The van der Waals surface area contributed by atoms with Gasteiger partial charge in [0.2, 0.25) is 5.91 Å². The summed E-state index contributed by atoms with van der Waals surface area (Å²) in [6.07, 6.45) is 0. The molecule has 7 heteroatoms. The van der Waals surface area contributed by atoms with Crippen LogP contribution in [0, 0.1) is 11.7 Å². The third-order valence-corrected chi connectivity index (χ3v) is 3.98. The molecule has 2 amide bonds. The van der Waals surface area contributed by atoms with Crippen LogP contribution >= 0.6 is 15.9 Å². The molecule has 0 heterocycles. The zero-order valence-corrected chi connectivity index (χ0v) is 16.2. The van der Waals surface area contributed by atoms with Crippen LogP contribution in [0.2, 0.25) is 0 Å². The second-order valence-electron chi connectivity index (χ2n) is 6.18. The highest BCUT2D eigenvalue weighted by atomic mass is 79.9. The van der Waals surface area contributed by atoms with Gasteiger partial charge in [-0.1, -0.05) is 41.9 Å². The second-order valence-corrected chi connectivity index (χ2v) is 7.09. The van der Waals surface area contributed by atoms with Gasteiger partial charge in [0, 0.05) is 11.0 Å². The van der Waals surface area contributed by atoms with Crippen molar-refractivity contribution < 1.29 is 14.0 Å². The molecule has 2 rings (SSSR count). The van der Waals surface area contributed by atoms with Crippen LogP contribution in [0.25, 0.3) is 0 Å². The fourth-order valence-electron chi connectivity index (χ4n) is 2.18. The van der Waals surface area contributed by atoms with Gasteiger partial charge in [-0.25, -0.2) is 4.39 Å². The molecule has 0 saturated carbocycles. The van der Waals surface area contributed by atoms with Crippen molar-refractivity contribution in [2.45, 2.75) is 13.8 Å². The maximum atomic E-state index is 13.8. The summed E-state index contributed by atoms with van der Waals surface area (Å²) in [7, 11) is 0.